The van der Waals surface area contributed by atoms with Gasteiger partial charge in [0.2, 0.25) is 0 Å². The van der Waals surface area contributed by atoms with E-state index in [4.69, 9.17) is 9.15 Å². The van der Waals surface area contributed by atoms with E-state index >= 15 is 0 Å². The van der Waals surface area contributed by atoms with Crippen molar-refractivity contribution in [2.75, 3.05) is 38.2 Å². The lowest BCUT2D eigenvalue weighted by molar-refractivity contribution is 0.201. The Morgan fingerprint density at radius 3 is 2.39 bits per heavy atom. The van der Waals surface area contributed by atoms with Crippen LogP contribution in [0.25, 0.3) is 0 Å². The molecule has 1 aliphatic heterocycles. The number of aryl methyl sites for hydroxylation is 1. The molecule has 170 valence electrons. The van der Waals surface area contributed by atoms with E-state index in [2.05, 4.69) is 68.6 Å². The second-order valence-corrected chi connectivity index (χ2v) is 8.31. The molecule has 8 heteroatoms. The molecule has 4 aromatic rings. The number of methoxy groups -OCH3 is 1. The number of hydrogen-bond acceptors (Lipinski definition) is 7. The van der Waals surface area contributed by atoms with Gasteiger partial charge in [-0.1, -0.05) is 29.8 Å². The Kier molecular flexibility index (Phi) is 6.08. The number of tetrazole rings is 1. The molecule has 1 atom stereocenters. The van der Waals surface area contributed by atoms with Gasteiger partial charge in [-0.2, -0.15) is 0 Å². The summed E-state index contributed by atoms with van der Waals surface area (Å²) in [4.78, 5) is 4.88. The summed E-state index contributed by atoms with van der Waals surface area (Å²) in [7, 11) is 1.69. The van der Waals surface area contributed by atoms with Gasteiger partial charge in [0, 0.05) is 31.9 Å². The fourth-order valence-electron chi connectivity index (χ4n) is 4.37. The zero-order valence-electron chi connectivity index (χ0n) is 19.0. The van der Waals surface area contributed by atoms with Crippen LogP contribution in [0.15, 0.2) is 71.3 Å². The molecule has 1 unspecified atom stereocenters. The average Bonchev–Trinajstić information content (AvgIpc) is 3.54. The van der Waals surface area contributed by atoms with Gasteiger partial charge >= 0.3 is 0 Å². The van der Waals surface area contributed by atoms with Crippen molar-refractivity contribution in [1.29, 1.82) is 0 Å². The van der Waals surface area contributed by atoms with Crippen molar-refractivity contribution in [3.8, 4) is 5.75 Å². The summed E-state index contributed by atoms with van der Waals surface area (Å²) in [6.07, 6.45) is 1.68. The van der Waals surface area contributed by atoms with Gasteiger partial charge in [0.25, 0.3) is 0 Å². The van der Waals surface area contributed by atoms with Crippen LogP contribution >= 0.6 is 0 Å². The van der Waals surface area contributed by atoms with Gasteiger partial charge in [0.05, 0.1) is 19.4 Å². The number of piperazine rings is 1. The molecule has 5 rings (SSSR count). The Morgan fingerprint density at radius 2 is 1.73 bits per heavy atom. The third-order valence-electron chi connectivity index (χ3n) is 6.20. The minimum absolute atomic E-state index is 0.0337. The van der Waals surface area contributed by atoms with Crippen LogP contribution in [-0.4, -0.2) is 58.4 Å². The summed E-state index contributed by atoms with van der Waals surface area (Å²) in [5.74, 6) is 2.53. The summed E-state index contributed by atoms with van der Waals surface area (Å²) >= 11 is 0. The zero-order chi connectivity index (χ0) is 22.6. The van der Waals surface area contributed by atoms with Crippen LogP contribution in [0.2, 0.25) is 0 Å². The Morgan fingerprint density at radius 1 is 0.970 bits per heavy atom. The minimum Gasteiger partial charge on any atom is -0.497 e. The van der Waals surface area contributed by atoms with Crippen molar-refractivity contribution in [2.24, 2.45) is 0 Å². The largest absolute Gasteiger partial charge is 0.497 e. The molecule has 2 aromatic heterocycles. The Bertz CT molecular complexity index is 1150. The van der Waals surface area contributed by atoms with Gasteiger partial charge in [-0.15, -0.1) is 5.10 Å². The lowest BCUT2D eigenvalue weighted by atomic mass is 10.0. The van der Waals surface area contributed by atoms with E-state index in [-0.39, 0.29) is 6.04 Å². The Hall–Kier alpha value is -3.65. The van der Waals surface area contributed by atoms with E-state index in [0.717, 1.165) is 43.5 Å². The molecule has 1 fully saturated rings. The first-order valence-corrected chi connectivity index (χ1v) is 11.2. The summed E-state index contributed by atoms with van der Waals surface area (Å²) in [6, 6.07) is 20.7. The van der Waals surface area contributed by atoms with Gasteiger partial charge in [0.15, 0.2) is 5.82 Å². The zero-order valence-corrected chi connectivity index (χ0v) is 19.0. The van der Waals surface area contributed by atoms with Gasteiger partial charge < -0.3 is 14.1 Å². The molecule has 8 nitrogen and oxygen atoms in total. The lowest BCUT2D eigenvalue weighted by Gasteiger charge is -2.40. The van der Waals surface area contributed by atoms with Gasteiger partial charge in [-0.3, -0.25) is 4.90 Å². The summed E-state index contributed by atoms with van der Waals surface area (Å²) in [5, 5.41) is 12.7. The predicted molar refractivity (Wildman–Crippen MR) is 125 cm³/mol. The van der Waals surface area contributed by atoms with E-state index in [1.54, 1.807) is 13.4 Å². The van der Waals surface area contributed by atoms with Crippen molar-refractivity contribution in [3.63, 3.8) is 0 Å². The van der Waals surface area contributed by atoms with Gasteiger partial charge in [-0.25, -0.2) is 4.68 Å². The minimum atomic E-state index is -0.0337. The summed E-state index contributed by atoms with van der Waals surface area (Å²) < 4.78 is 12.7. The van der Waals surface area contributed by atoms with Gasteiger partial charge in [0.1, 0.15) is 18.1 Å². The maximum Gasteiger partial charge on any atom is 0.173 e. The first-order chi connectivity index (χ1) is 16.2. The number of ether oxygens (including phenoxy) is 1. The smallest absolute Gasteiger partial charge is 0.173 e. The molecule has 0 bridgehead atoms. The molecular formula is C25H28N6O2. The highest BCUT2D eigenvalue weighted by atomic mass is 16.5. The monoisotopic (exact) mass is 444 g/mol. The molecule has 0 amide bonds. The van der Waals surface area contributed by atoms with Crippen molar-refractivity contribution >= 4 is 5.69 Å². The average molecular weight is 445 g/mol. The fraction of sp³-hybridized carbons (Fsp3) is 0.320. The number of nitrogens with zero attached hydrogens (tertiary/aromatic N) is 6. The molecule has 0 N–H and O–H groups in total. The van der Waals surface area contributed by atoms with Crippen LogP contribution in [0, 0.1) is 6.92 Å². The number of hydrogen-bond donors (Lipinski definition) is 0. The third-order valence-corrected chi connectivity index (χ3v) is 6.20. The standard InChI is InChI=1S/C25H28N6O2/c1-19-5-7-20(8-6-19)24(25-26-27-28-31(25)18-23-4-3-17-33-23)30-15-13-29(14-16-30)21-9-11-22(32-2)12-10-21/h3-12,17,24H,13-16,18H2,1-2H3. The summed E-state index contributed by atoms with van der Waals surface area (Å²) in [6.45, 7) is 6.26. The first-order valence-electron chi connectivity index (χ1n) is 11.2. The molecule has 1 aliphatic rings. The van der Waals surface area contributed by atoms with Crippen molar-refractivity contribution in [1.82, 2.24) is 25.1 Å². The SMILES string of the molecule is COc1ccc(N2CCN(C(c3ccc(C)cc3)c3nnnn3Cc3ccco3)CC2)cc1. The van der Waals surface area contributed by atoms with Crippen molar-refractivity contribution in [3.05, 3.63) is 89.6 Å². The Labute approximate surface area is 193 Å². The van der Waals surface area contributed by atoms with E-state index in [1.165, 1.54) is 16.8 Å². The molecule has 0 saturated carbocycles. The second kappa shape index (κ2) is 9.46. The molecule has 0 radical (unpaired) electrons. The summed E-state index contributed by atoms with van der Waals surface area (Å²) in [5.41, 5.74) is 3.64. The van der Waals surface area contributed by atoms with Crippen molar-refractivity contribution in [2.45, 2.75) is 19.5 Å². The quantitative estimate of drug-likeness (QED) is 0.432. The van der Waals surface area contributed by atoms with Crippen LogP contribution in [0.5, 0.6) is 5.75 Å². The van der Waals surface area contributed by atoms with E-state index < -0.39 is 0 Å². The topological polar surface area (TPSA) is 72.5 Å². The highest BCUT2D eigenvalue weighted by Crippen LogP contribution is 2.30. The van der Waals surface area contributed by atoms with Crippen LogP contribution in [0.1, 0.15) is 28.8 Å². The van der Waals surface area contributed by atoms with Crippen LogP contribution in [-0.2, 0) is 6.54 Å². The molecule has 0 spiro atoms. The maximum atomic E-state index is 5.54. The highest BCUT2D eigenvalue weighted by molar-refractivity contribution is 5.49. The van der Waals surface area contributed by atoms with Gasteiger partial charge in [-0.05, 0) is 59.3 Å². The number of rotatable bonds is 7. The van der Waals surface area contributed by atoms with Crippen LogP contribution in [0.3, 0.4) is 0 Å². The number of furan rings is 1. The molecular weight excluding hydrogens is 416 g/mol. The predicted octanol–water partition coefficient (Wildman–Crippen LogP) is 3.54. The van der Waals surface area contributed by atoms with Crippen LogP contribution < -0.4 is 9.64 Å². The Balaban J connectivity index is 1.39. The number of anilines is 1. The molecule has 33 heavy (non-hydrogen) atoms. The molecule has 2 aromatic carbocycles. The third kappa shape index (κ3) is 4.61. The fourth-order valence-corrected chi connectivity index (χ4v) is 4.37. The van der Waals surface area contributed by atoms with E-state index in [0.29, 0.717) is 6.54 Å². The molecule has 1 saturated heterocycles. The molecule has 0 aliphatic carbocycles. The lowest BCUT2D eigenvalue weighted by Crippen LogP contribution is -2.48. The number of aromatic nitrogens is 4. The first kappa shape index (κ1) is 21.2. The van der Waals surface area contributed by atoms with E-state index in [9.17, 15) is 0 Å². The maximum absolute atomic E-state index is 5.54. The number of benzene rings is 2. The highest BCUT2D eigenvalue weighted by Gasteiger charge is 2.31. The van der Waals surface area contributed by atoms with Crippen LogP contribution in [0.4, 0.5) is 5.69 Å². The second-order valence-electron chi connectivity index (χ2n) is 8.31. The normalized spacial score (nSPS) is 15.5. The molecule has 3 heterocycles. The van der Waals surface area contributed by atoms with Crippen molar-refractivity contribution < 1.29 is 9.15 Å². The van der Waals surface area contributed by atoms with E-state index in [1.807, 2.05) is 28.9 Å².